The number of aliphatic carboxylic acids is 1. The van der Waals surface area contributed by atoms with Crippen molar-refractivity contribution in [3.8, 4) is 0 Å². The molecule has 2 saturated heterocycles. The number of sulfonamides is 1. The Bertz CT molecular complexity index is 547. The summed E-state index contributed by atoms with van der Waals surface area (Å²) in [4.78, 5) is 25.3. The minimum Gasteiger partial charge on any atom is -0.481 e. The van der Waals surface area contributed by atoms with E-state index in [9.17, 15) is 18.0 Å². The molecule has 2 aliphatic rings. The van der Waals surface area contributed by atoms with Gasteiger partial charge in [0.05, 0.1) is 11.7 Å². The van der Waals surface area contributed by atoms with Crippen molar-refractivity contribution in [1.82, 2.24) is 9.21 Å². The first-order valence-electron chi connectivity index (χ1n) is 7.79. The van der Waals surface area contributed by atoms with E-state index in [-0.39, 0.29) is 24.1 Å². The number of likely N-dealkylation sites (tertiary alicyclic amines) is 1. The highest BCUT2D eigenvalue weighted by Gasteiger charge is 2.44. The molecule has 1 N–H and O–H groups in total. The molecule has 7 nitrogen and oxygen atoms in total. The second-order valence-electron chi connectivity index (χ2n) is 6.25. The third-order valence-electron chi connectivity index (χ3n) is 4.55. The molecule has 0 saturated carbocycles. The van der Waals surface area contributed by atoms with E-state index in [2.05, 4.69) is 0 Å². The first-order chi connectivity index (χ1) is 10.3. The fourth-order valence-electron chi connectivity index (χ4n) is 3.37. The van der Waals surface area contributed by atoms with Gasteiger partial charge in [0.25, 0.3) is 0 Å². The molecular weight excluding hydrogens is 308 g/mol. The van der Waals surface area contributed by atoms with Crippen LogP contribution in [0.4, 0.5) is 0 Å². The highest BCUT2D eigenvalue weighted by atomic mass is 32.2. The zero-order valence-corrected chi connectivity index (χ0v) is 13.9. The summed E-state index contributed by atoms with van der Waals surface area (Å²) in [6.45, 7) is 4.54. The Kier molecular flexibility index (Phi) is 5.11. The molecule has 3 atom stereocenters. The van der Waals surface area contributed by atoms with Gasteiger partial charge < -0.3 is 10.0 Å². The summed E-state index contributed by atoms with van der Waals surface area (Å²) in [6, 6.07) is -0.656. The Hall–Kier alpha value is -1.15. The van der Waals surface area contributed by atoms with Gasteiger partial charge in [0.15, 0.2) is 0 Å². The summed E-state index contributed by atoms with van der Waals surface area (Å²) in [6.07, 6.45) is 1.71. The Labute approximate surface area is 131 Å². The normalized spacial score (nSPS) is 29.9. The molecule has 1 unspecified atom stereocenters. The number of amides is 1. The van der Waals surface area contributed by atoms with Crippen molar-refractivity contribution in [1.29, 1.82) is 0 Å². The van der Waals surface area contributed by atoms with Crippen molar-refractivity contribution >= 4 is 21.9 Å². The van der Waals surface area contributed by atoms with Gasteiger partial charge in [-0.05, 0) is 25.2 Å². The van der Waals surface area contributed by atoms with Gasteiger partial charge in [-0.2, -0.15) is 4.31 Å². The highest BCUT2D eigenvalue weighted by molar-refractivity contribution is 7.89. The molecule has 0 aromatic carbocycles. The van der Waals surface area contributed by atoms with Gasteiger partial charge in [0.1, 0.15) is 6.04 Å². The molecule has 0 aromatic heterocycles. The standard InChI is InChI=1S/C14H24N2O5S/c1-3-7-22(20,21)16-6-4-5-12(16)13(17)15-8-10(2)11(9-15)14(18)19/h10-12H,3-9H2,1-2H3,(H,18,19)/t10-,11-,12?/m1/s1. The summed E-state index contributed by atoms with van der Waals surface area (Å²) in [5.74, 6) is -1.77. The van der Waals surface area contributed by atoms with E-state index in [0.29, 0.717) is 32.4 Å². The van der Waals surface area contributed by atoms with Crippen LogP contribution in [0.1, 0.15) is 33.1 Å². The third kappa shape index (κ3) is 3.27. The lowest BCUT2D eigenvalue weighted by Gasteiger charge is -2.27. The molecule has 2 rings (SSSR count). The minimum absolute atomic E-state index is 0.0466. The SMILES string of the molecule is CCCS(=O)(=O)N1CCCC1C(=O)N1C[C@@H](C)[C@H](C(=O)O)C1. The van der Waals surface area contributed by atoms with Gasteiger partial charge in [0, 0.05) is 19.6 Å². The first-order valence-corrected chi connectivity index (χ1v) is 9.40. The van der Waals surface area contributed by atoms with Crippen molar-refractivity contribution < 1.29 is 23.1 Å². The molecule has 1 amide bonds. The third-order valence-corrected chi connectivity index (χ3v) is 6.63. The predicted octanol–water partition coefficient (Wildman–Crippen LogP) is 0.370. The van der Waals surface area contributed by atoms with Crippen molar-refractivity contribution in [2.45, 2.75) is 39.2 Å². The maximum Gasteiger partial charge on any atom is 0.308 e. The summed E-state index contributed by atoms with van der Waals surface area (Å²) in [5.41, 5.74) is 0. The number of carbonyl (C=O) groups excluding carboxylic acids is 1. The Morgan fingerprint density at radius 2 is 1.95 bits per heavy atom. The number of carboxylic acid groups (broad SMARTS) is 1. The predicted molar refractivity (Wildman–Crippen MR) is 80.7 cm³/mol. The molecule has 0 aromatic rings. The molecule has 8 heteroatoms. The Balaban J connectivity index is 2.11. The van der Waals surface area contributed by atoms with Crippen LogP contribution in [0, 0.1) is 11.8 Å². The van der Waals surface area contributed by atoms with Crippen LogP contribution < -0.4 is 0 Å². The largest absolute Gasteiger partial charge is 0.481 e. The topological polar surface area (TPSA) is 95.0 Å². The van der Waals surface area contributed by atoms with E-state index in [1.807, 2.05) is 6.92 Å². The van der Waals surface area contributed by atoms with E-state index < -0.39 is 28.0 Å². The van der Waals surface area contributed by atoms with Gasteiger partial charge in [-0.1, -0.05) is 13.8 Å². The number of carboxylic acids is 1. The summed E-state index contributed by atoms with van der Waals surface area (Å²) < 4.78 is 25.8. The van der Waals surface area contributed by atoms with Crippen molar-refractivity contribution in [2.24, 2.45) is 11.8 Å². The molecule has 2 fully saturated rings. The minimum atomic E-state index is -3.41. The van der Waals surface area contributed by atoms with Gasteiger partial charge in [0.2, 0.25) is 15.9 Å². The van der Waals surface area contributed by atoms with Crippen LogP contribution >= 0.6 is 0 Å². The van der Waals surface area contributed by atoms with Gasteiger partial charge in [-0.15, -0.1) is 0 Å². The average molecular weight is 332 g/mol. The van der Waals surface area contributed by atoms with Gasteiger partial charge in [-0.3, -0.25) is 9.59 Å². The van der Waals surface area contributed by atoms with Gasteiger partial charge in [-0.25, -0.2) is 8.42 Å². The van der Waals surface area contributed by atoms with Crippen LogP contribution in [0.3, 0.4) is 0 Å². The molecule has 0 bridgehead atoms. The number of rotatable bonds is 5. The molecule has 0 spiro atoms. The van der Waals surface area contributed by atoms with E-state index in [1.54, 1.807) is 6.92 Å². The lowest BCUT2D eigenvalue weighted by molar-refractivity contribution is -0.142. The second-order valence-corrected chi connectivity index (χ2v) is 8.29. The summed E-state index contributed by atoms with van der Waals surface area (Å²) in [5, 5.41) is 9.16. The molecule has 2 aliphatic heterocycles. The molecule has 22 heavy (non-hydrogen) atoms. The van der Waals surface area contributed by atoms with Crippen LogP contribution in [-0.2, 0) is 19.6 Å². The fraction of sp³-hybridized carbons (Fsp3) is 0.857. The molecule has 0 aliphatic carbocycles. The lowest BCUT2D eigenvalue weighted by atomic mass is 9.99. The average Bonchev–Trinajstić information content (AvgIpc) is 3.04. The smallest absolute Gasteiger partial charge is 0.308 e. The lowest BCUT2D eigenvalue weighted by Crippen LogP contribution is -2.47. The second kappa shape index (κ2) is 6.54. The number of nitrogens with zero attached hydrogens (tertiary/aromatic N) is 2. The Morgan fingerprint density at radius 3 is 2.50 bits per heavy atom. The molecule has 0 radical (unpaired) electrons. The van der Waals surface area contributed by atoms with E-state index in [0.717, 1.165) is 0 Å². The Morgan fingerprint density at radius 1 is 1.27 bits per heavy atom. The van der Waals surface area contributed by atoms with Crippen LogP contribution in [0.25, 0.3) is 0 Å². The van der Waals surface area contributed by atoms with Crippen LogP contribution in [0.15, 0.2) is 0 Å². The highest BCUT2D eigenvalue weighted by Crippen LogP contribution is 2.28. The van der Waals surface area contributed by atoms with Crippen LogP contribution in [-0.4, -0.2) is 66.0 Å². The maximum atomic E-state index is 12.6. The fourth-order valence-corrected chi connectivity index (χ4v) is 5.12. The monoisotopic (exact) mass is 332 g/mol. The van der Waals surface area contributed by atoms with Crippen LogP contribution in [0.5, 0.6) is 0 Å². The quantitative estimate of drug-likeness (QED) is 0.785. The number of hydrogen-bond donors (Lipinski definition) is 1. The van der Waals surface area contributed by atoms with Crippen LogP contribution in [0.2, 0.25) is 0 Å². The molecule has 126 valence electrons. The van der Waals surface area contributed by atoms with Crippen molar-refractivity contribution in [2.75, 3.05) is 25.4 Å². The zero-order chi connectivity index (χ0) is 16.5. The summed E-state index contributed by atoms with van der Waals surface area (Å²) in [7, 11) is -3.41. The summed E-state index contributed by atoms with van der Waals surface area (Å²) >= 11 is 0. The maximum absolute atomic E-state index is 12.6. The number of carbonyl (C=O) groups is 2. The number of hydrogen-bond acceptors (Lipinski definition) is 4. The van der Waals surface area contributed by atoms with Crippen molar-refractivity contribution in [3.05, 3.63) is 0 Å². The zero-order valence-electron chi connectivity index (χ0n) is 13.1. The van der Waals surface area contributed by atoms with E-state index >= 15 is 0 Å². The van der Waals surface area contributed by atoms with Crippen molar-refractivity contribution in [3.63, 3.8) is 0 Å². The van der Waals surface area contributed by atoms with E-state index in [1.165, 1.54) is 9.21 Å². The van der Waals surface area contributed by atoms with E-state index in [4.69, 9.17) is 5.11 Å². The molecule has 2 heterocycles. The first kappa shape index (κ1) is 17.2. The molecular formula is C14H24N2O5S. The van der Waals surface area contributed by atoms with Gasteiger partial charge >= 0.3 is 5.97 Å².